The summed E-state index contributed by atoms with van der Waals surface area (Å²) in [5.74, 6) is 0.0301. The summed E-state index contributed by atoms with van der Waals surface area (Å²) in [6.07, 6.45) is 12.3. The van der Waals surface area contributed by atoms with Crippen molar-refractivity contribution >= 4 is 35.4 Å². The van der Waals surface area contributed by atoms with Gasteiger partial charge < -0.3 is 15.2 Å². The topological polar surface area (TPSA) is 78.9 Å². The van der Waals surface area contributed by atoms with E-state index in [1.165, 1.54) is 32.1 Å². The van der Waals surface area contributed by atoms with E-state index in [1.807, 2.05) is 61.3 Å². The van der Waals surface area contributed by atoms with Crippen molar-refractivity contribution in [1.29, 1.82) is 0 Å². The van der Waals surface area contributed by atoms with Crippen LogP contribution in [0.5, 0.6) is 0 Å². The van der Waals surface area contributed by atoms with Crippen LogP contribution in [0, 0.1) is 12.8 Å². The molecule has 0 bridgehead atoms. The Hall–Kier alpha value is -2.00. The van der Waals surface area contributed by atoms with Crippen LogP contribution < -0.4 is 5.32 Å². The van der Waals surface area contributed by atoms with E-state index in [2.05, 4.69) is 22.5 Å². The maximum atomic E-state index is 13.5. The van der Waals surface area contributed by atoms with E-state index in [4.69, 9.17) is 4.74 Å². The van der Waals surface area contributed by atoms with Gasteiger partial charge in [-0.15, -0.1) is 0 Å². The highest BCUT2D eigenvalue weighted by Crippen LogP contribution is 2.32. The summed E-state index contributed by atoms with van der Waals surface area (Å²) in [6.45, 7) is 5.51. The number of hydrogen-bond donors (Lipinski definition) is 2. The molecule has 2 aromatic rings. The molecule has 0 aromatic heterocycles. The Morgan fingerprint density at radius 3 is 2.56 bits per heavy atom. The van der Waals surface area contributed by atoms with Crippen molar-refractivity contribution in [2.24, 2.45) is 5.92 Å². The van der Waals surface area contributed by atoms with Crippen LogP contribution in [0.2, 0.25) is 0 Å². The average molecular weight is 599 g/mol. The van der Waals surface area contributed by atoms with Crippen molar-refractivity contribution in [3.63, 3.8) is 0 Å². The standard InChI is InChI=1S/C33H46N2O4S2/c1-23-9-7-8-12-28(23)30-17-25(13-14-29(30)32(36)34-31(33(37)38)15-16-40-2)19-35-20-27(41-3)18-26(35)22-39-21-24-10-5-4-6-11-24/h7-9,12-14,17,24,26-27,31H,4-6,10-11,15-16,18-22H2,1-3H3,(H,34,36)(H,37,38)/t26-,27?,31?/m0/s1. The van der Waals surface area contributed by atoms with Crippen molar-refractivity contribution in [3.05, 3.63) is 59.2 Å². The van der Waals surface area contributed by atoms with Crippen LogP contribution in [0.3, 0.4) is 0 Å². The van der Waals surface area contributed by atoms with E-state index in [9.17, 15) is 14.7 Å². The zero-order chi connectivity index (χ0) is 29.2. The van der Waals surface area contributed by atoms with E-state index < -0.39 is 12.0 Å². The number of nitrogens with zero attached hydrogens (tertiary/aromatic N) is 1. The molecule has 6 nitrogen and oxygen atoms in total. The van der Waals surface area contributed by atoms with Gasteiger partial charge in [0.25, 0.3) is 5.91 Å². The Morgan fingerprint density at radius 1 is 1.07 bits per heavy atom. The predicted octanol–water partition coefficient (Wildman–Crippen LogP) is 6.50. The van der Waals surface area contributed by atoms with Crippen molar-refractivity contribution in [2.75, 3.05) is 38.0 Å². The highest BCUT2D eigenvalue weighted by atomic mass is 32.2. The van der Waals surface area contributed by atoms with Crippen LogP contribution in [0.15, 0.2) is 42.5 Å². The highest BCUT2D eigenvalue weighted by molar-refractivity contribution is 7.99. The molecule has 0 radical (unpaired) electrons. The smallest absolute Gasteiger partial charge is 0.326 e. The number of aryl methyl sites for hydroxylation is 1. The van der Waals surface area contributed by atoms with Gasteiger partial charge in [-0.2, -0.15) is 23.5 Å². The molecule has 0 spiro atoms. The van der Waals surface area contributed by atoms with Gasteiger partial charge in [0.2, 0.25) is 0 Å². The van der Waals surface area contributed by atoms with Crippen molar-refractivity contribution < 1.29 is 19.4 Å². The number of thioether (sulfide) groups is 2. The van der Waals surface area contributed by atoms with Crippen LogP contribution in [0.4, 0.5) is 0 Å². The summed E-state index contributed by atoms with van der Waals surface area (Å²) in [5, 5.41) is 13.1. The number of carboxylic acids is 1. The fourth-order valence-electron chi connectivity index (χ4n) is 6.15. The molecule has 1 amide bonds. The lowest BCUT2D eigenvalue weighted by molar-refractivity contribution is -0.139. The molecule has 1 saturated heterocycles. The minimum atomic E-state index is -1.00. The first-order chi connectivity index (χ1) is 19.9. The molecule has 4 rings (SSSR count). The summed E-state index contributed by atoms with van der Waals surface area (Å²) in [5.41, 5.74) is 4.57. The fraction of sp³-hybridized carbons (Fsp3) is 0.576. The largest absolute Gasteiger partial charge is 0.480 e. The van der Waals surface area contributed by atoms with Crippen molar-refractivity contribution in [3.8, 4) is 11.1 Å². The number of benzene rings is 2. The first-order valence-electron chi connectivity index (χ1n) is 15.0. The zero-order valence-corrected chi connectivity index (χ0v) is 26.4. The molecule has 2 unspecified atom stereocenters. The van der Waals surface area contributed by atoms with Gasteiger partial charge in [0, 0.05) is 36.6 Å². The summed E-state index contributed by atoms with van der Waals surface area (Å²) in [4.78, 5) is 27.8. The van der Waals surface area contributed by atoms with Gasteiger partial charge in [-0.1, -0.05) is 49.6 Å². The van der Waals surface area contributed by atoms with Gasteiger partial charge in [-0.25, -0.2) is 4.79 Å². The van der Waals surface area contributed by atoms with Crippen LogP contribution in [-0.4, -0.2) is 77.2 Å². The SMILES string of the molecule is CSCCC(NC(=O)c1ccc(CN2CC(SC)C[C@H]2COCC2CCCCC2)cc1-c1ccccc1C)C(=O)O. The molecule has 2 N–H and O–H groups in total. The number of amides is 1. The summed E-state index contributed by atoms with van der Waals surface area (Å²) in [7, 11) is 0. The third kappa shape index (κ3) is 8.99. The van der Waals surface area contributed by atoms with Gasteiger partial charge >= 0.3 is 5.97 Å². The van der Waals surface area contributed by atoms with Gasteiger partial charge in [-0.05, 0) is 91.2 Å². The summed E-state index contributed by atoms with van der Waals surface area (Å²) < 4.78 is 6.31. The molecule has 3 atom stereocenters. The third-order valence-electron chi connectivity index (χ3n) is 8.57. The minimum Gasteiger partial charge on any atom is -0.480 e. The maximum absolute atomic E-state index is 13.5. The number of carbonyl (C=O) groups is 2. The van der Waals surface area contributed by atoms with E-state index >= 15 is 0 Å². The molecule has 1 heterocycles. The Kier molecular flexibility index (Phi) is 12.5. The Morgan fingerprint density at radius 2 is 1.85 bits per heavy atom. The predicted molar refractivity (Wildman–Crippen MR) is 172 cm³/mol. The van der Waals surface area contributed by atoms with Gasteiger partial charge in [0.15, 0.2) is 0 Å². The van der Waals surface area contributed by atoms with E-state index in [0.717, 1.165) is 55.0 Å². The molecule has 2 aliphatic rings. The van der Waals surface area contributed by atoms with Crippen LogP contribution in [0.1, 0.15) is 66.4 Å². The Labute approximate surface area is 254 Å². The quantitative estimate of drug-likeness (QED) is 0.257. The number of rotatable bonds is 14. The van der Waals surface area contributed by atoms with Crippen molar-refractivity contribution in [2.45, 2.75) is 75.7 Å². The monoisotopic (exact) mass is 598 g/mol. The molecule has 2 aromatic carbocycles. The van der Waals surface area contributed by atoms with Crippen LogP contribution in [-0.2, 0) is 16.1 Å². The molecule has 1 saturated carbocycles. The maximum Gasteiger partial charge on any atom is 0.326 e. The molecule has 41 heavy (non-hydrogen) atoms. The lowest BCUT2D eigenvalue weighted by atomic mass is 9.90. The molecule has 2 fully saturated rings. The van der Waals surface area contributed by atoms with Crippen molar-refractivity contribution in [1.82, 2.24) is 10.2 Å². The molecule has 1 aliphatic heterocycles. The van der Waals surface area contributed by atoms with E-state index in [0.29, 0.717) is 34.9 Å². The highest BCUT2D eigenvalue weighted by Gasteiger charge is 2.32. The second-order valence-electron chi connectivity index (χ2n) is 11.6. The van der Waals surface area contributed by atoms with Crippen LogP contribution >= 0.6 is 23.5 Å². The van der Waals surface area contributed by atoms with Crippen LogP contribution in [0.25, 0.3) is 11.1 Å². The van der Waals surface area contributed by atoms with E-state index in [1.54, 1.807) is 11.8 Å². The third-order valence-corrected chi connectivity index (χ3v) is 10.2. The van der Waals surface area contributed by atoms with Gasteiger partial charge in [0.1, 0.15) is 6.04 Å². The molecule has 224 valence electrons. The summed E-state index contributed by atoms with van der Waals surface area (Å²) in [6, 6.07) is 13.6. The normalized spacial score (nSPS) is 20.7. The second-order valence-corrected chi connectivity index (χ2v) is 13.7. The minimum absolute atomic E-state index is 0.346. The fourth-order valence-corrected chi connectivity index (χ4v) is 7.38. The average Bonchev–Trinajstić information content (AvgIpc) is 3.37. The van der Waals surface area contributed by atoms with Gasteiger partial charge in [-0.3, -0.25) is 9.69 Å². The Balaban J connectivity index is 1.53. The van der Waals surface area contributed by atoms with E-state index in [-0.39, 0.29) is 5.91 Å². The number of aliphatic carboxylic acids is 1. The Bertz CT molecular complexity index is 1150. The number of carboxylic acid groups (broad SMARTS) is 1. The molecular weight excluding hydrogens is 553 g/mol. The molecule has 1 aliphatic carbocycles. The first-order valence-corrected chi connectivity index (χ1v) is 17.6. The molecule has 8 heteroatoms. The number of likely N-dealkylation sites (tertiary alicyclic amines) is 1. The summed E-state index contributed by atoms with van der Waals surface area (Å²) >= 11 is 3.51. The second kappa shape index (κ2) is 16.0. The number of carbonyl (C=O) groups excluding carboxylic acids is 1. The number of hydrogen-bond acceptors (Lipinski definition) is 6. The lowest BCUT2D eigenvalue weighted by Crippen LogP contribution is -2.41. The lowest BCUT2D eigenvalue weighted by Gasteiger charge is -2.27. The number of ether oxygens (including phenoxy) is 1. The first kappa shape index (κ1) is 31.9. The zero-order valence-electron chi connectivity index (χ0n) is 24.8. The molecular formula is C33H46N2O4S2. The van der Waals surface area contributed by atoms with Gasteiger partial charge in [0.05, 0.1) is 6.61 Å². The number of nitrogens with one attached hydrogen (secondary N) is 1.